The van der Waals surface area contributed by atoms with Crippen LogP contribution in [0.15, 0.2) is 59.1 Å². The highest BCUT2D eigenvalue weighted by atomic mass is 16.4. The summed E-state index contributed by atoms with van der Waals surface area (Å²) in [6.45, 7) is 4.80. The highest BCUT2D eigenvalue weighted by Crippen LogP contribution is 2.29. The van der Waals surface area contributed by atoms with Crippen molar-refractivity contribution in [3.63, 3.8) is 0 Å². The lowest BCUT2D eigenvalue weighted by molar-refractivity contribution is 0.0697. The third-order valence-electron chi connectivity index (χ3n) is 5.40. The molecule has 0 spiro atoms. The van der Waals surface area contributed by atoms with Crippen molar-refractivity contribution in [2.45, 2.75) is 32.2 Å². The molecule has 0 unspecified atom stereocenters. The van der Waals surface area contributed by atoms with Crippen molar-refractivity contribution >= 4 is 5.97 Å². The minimum atomic E-state index is -0.944. The Morgan fingerprint density at radius 1 is 1.14 bits per heavy atom. The highest BCUT2D eigenvalue weighted by molar-refractivity contribution is 5.95. The van der Waals surface area contributed by atoms with Crippen LogP contribution in [-0.2, 0) is 6.54 Å². The van der Waals surface area contributed by atoms with Crippen molar-refractivity contribution < 1.29 is 14.3 Å². The molecule has 2 aromatic heterocycles. The van der Waals surface area contributed by atoms with Gasteiger partial charge in [-0.25, -0.2) is 4.79 Å². The Labute approximate surface area is 164 Å². The molecule has 5 heteroatoms. The fraction of sp³-hybridized carbons (Fsp3) is 0.304. The molecule has 0 atom stereocenters. The number of likely N-dealkylation sites (tertiary alicyclic amines) is 1. The highest BCUT2D eigenvalue weighted by Gasteiger charge is 2.22. The SMILES string of the molecule is Cc1ccc(C2CCN(Cc3ccc(-c4ccccc4C(=O)O)o3)CC2)nc1. The Balaban J connectivity index is 1.39. The molecular formula is C23H24N2O3. The van der Waals surface area contributed by atoms with E-state index in [-0.39, 0.29) is 5.56 Å². The first kappa shape index (κ1) is 18.4. The number of hydrogen-bond donors (Lipinski definition) is 1. The van der Waals surface area contributed by atoms with E-state index in [0.29, 0.717) is 17.2 Å². The zero-order valence-corrected chi connectivity index (χ0v) is 16.0. The van der Waals surface area contributed by atoms with Gasteiger partial charge < -0.3 is 9.52 Å². The van der Waals surface area contributed by atoms with Crippen molar-refractivity contribution in [2.24, 2.45) is 0 Å². The summed E-state index contributed by atoms with van der Waals surface area (Å²) in [5.74, 6) is 1.04. The van der Waals surface area contributed by atoms with E-state index in [4.69, 9.17) is 4.42 Å². The summed E-state index contributed by atoms with van der Waals surface area (Å²) in [7, 11) is 0. The third kappa shape index (κ3) is 3.99. The lowest BCUT2D eigenvalue weighted by Gasteiger charge is -2.31. The molecule has 0 saturated carbocycles. The summed E-state index contributed by atoms with van der Waals surface area (Å²) < 4.78 is 5.97. The van der Waals surface area contributed by atoms with Crippen LogP contribution < -0.4 is 0 Å². The van der Waals surface area contributed by atoms with Gasteiger partial charge in [0.05, 0.1) is 12.1 Å². The van der Waals surface area contributed by atoms with Gasteiger partial charge in [0.25, 0.3) is 0 Å². The van der Waals surface area contributed by atoms with Gasteiger partial charge in [0, 0.05) is 23.4 Å². The maximum Gasteiger partial charge on any atom is 0.336 e. The van der Waals surface area contributed by atoms with Gasteiger partial charge in [-0.1, -0.05) is 24.3 Å². The molecule has 0 bridgehead atoms. The van der Waals surface area contributed by atoms with Gasteiger partial charge >= 0.3 is 5.97 Å². The van der Waals surface area contributed by atoms with Gasteiger partial charge in [0.1, 0.15) is 11.5 Å². The fourth-order valence-electron chi connectivity index (χ4n) is 3.82. The molecule has 0 radical (unpaired) electrons. The van der Waals surface area contributed by atoms with Gasteiger partial charge in [-0.05, 0) is 62.7 Å². The van der Waals surface area contributed by atoms with Crippen molar-refractivity contribution in [1.82, 2.24) is 9.88 Å². The predicted molar refractivity (Wildman–Crippen MR) is 107 cm³/mol. The molecule has 1 N–H and O–H groups in total. The van der Waals surface area contributed by atoms with E-state index in [1.54, 1.807) is 18.2 Å². The van der Waals surface area contributed by atoms with Crippen LogP contribution in [0, 0.1) is 6.92 Å². The van der Waals surface area contributed by atoms with E-state index >= 15 is 0 Å². The Kier molecular flexibility index (Phi) is 5.26. The number of aromatic carboxylic acids is 1. The number of hydrogen-bond acceptors (Lipinski definition) is 4. The second-order valence-electron chi connectivity index (χ2n) is 7.43. The second kappa shape index (κ2) is 7.98. The summed E-state index contributed by atoms with van der Waals surface area (Å²) >= 11 is 0. The quantitative estimate of drug-likeness (QED) is 0.697. The van der Waals surface area contributed by atoms with E-state index in [0.717, 1.165) is 38.2 Å². The maximum absolute atomic E-state index is 11.4. The Hall–Kier alpha value is -2.92. The van der Waals surface area contributed by atoms with Crippen molar-refractivity contribution in [3.8, 4) is 11.3 Å². The van der Waals surface area contributed by atoms with E-state index < -0.39 is 5.97 Å². The first-order valence-corrected chi connectivity index (χ1v) is 9.66. The smallest absolute Gasteiger partial charge is 0.336 e. The molecule has 0 amide bonds. The first-order valence-electron chi connectivity index (χ1n) is 9.66. The molecule has 0 aliphatic carbocycles. The molecule has 28 heavy (non-hydrogen) atoms. The zero-order chi connectivity index (χ0) is 19.5. The van der Waals surface area contributed by atoms with Gasteiger partial charge in [0.2, 0.25) is 0 Å². The average molecular weight is 376 g/mol. The van der Waals surface area contributed by atoms with Crippen LogP contribution in [0.4, 0.5) is 0 Å². The van der Waals surface area contributed by atoms with Gasteiger partial charge in [-0.15, -0.1) is 0 Å². The Morgan fingerprint density at radius 3 is 2.64 bits per heavy atom. The summed E-state index contributed by atoms with van der Waals surface area (Å²) in [5, 5.41) is 9.37. The summed E-state index contributed by atoms with van der Waals surface area (Å²) in [6.07, 6.45) is 4.12. The third-order valence-corrected chi connectivity index (χ3v) is 5.40. The number of benzene rings is 1. The normalized spacial score (nSPS) is 15.6. The molecule has 1 aromatic carbocycles. The number of carboxylic acid groups (broad SMARTS) is 1. The Morgan fingerprint density at radius 2 is 1.93 bits per heavy atom. The molecule has 1 aliphatic rings. The molecule has 3 heterocycles. The van der Waals surface area contributed by atoms with E-state index in [9.17, 15) is 9.90 Å². The molecule has 1 aliphatic heterocycles. The van der Waals surface area contributed by atoms with Crippen molar-refractivity contribution in [2.75, 3.05) is 13.1 Å². The number of pyridine rings is 1. The number of piperidine rings is 1. The monoisotopic (exact) mass is 376 g/mol. The molecule has 5 nitrogen and oxygen atoms in total. The topological polar surface area (TPSA) is 66.6 Å². The first-order chi connectivity index (χ1) is 13.6. The van der Waals surface area contributed by atoms with Crippen LogP contribution in [0.1, 0.15) is 46.1 Å². The van der Waals surface area contributed by atoms with E-state index in [2.05, 4.69) is 28.9 Å². The van der Waals surface area contributed by atoms with Crippen molar-refractivity contribution in [3.05, 3.63) is 77.3 Å². The Bertz CT molecular complexity index is 954. The lowest BCUT2D eigenvalue weighted by atomic mass is 9.93. The second-order valence-corrected chi connectivity index (χ2v) is 7.43. The predicted octanol–water partition coefficient (Wildman–Crippen LogP) is 4.73. The number of carboxylic acids is 1. The van der Waals surface area contributed by atoms with E-state index in [1.165, 1.54) is 11.3 Å². The lowest BCUT2D eigenvalue weighted by Crippen LogP contribution is -2.32. The number of rotatable bonds is 5. The van der Waals surface area contributed by atoms with Gasteiger partial charge in [0.15, 0.2) is 0 Å². The molecule has 3 aromatic rings. The van der Waals surface area contributed by atoms with Crippen LogP contribution >= 0.6 is 0 Å². The van der Waals surface area contributed by atoms with Crippen LogP contribution in [0.2, 0.25) is 0 Å². The number of nitrogens with zero attached hydrogens (tertiary/aromatic N) is 2. The number of aryl methyl sites for hydroxylation is 1. The summed E-state index contributed by atoms with van der Waals surface area (Å²) in [5.41, 5.74) is 3.26. The maximum atomic E-state index is 11.4. The van der Waals surface area contributed by atoms with E-state index in [1.807, 2.05) is 24.4 Å². The van der Waals surface area contributed by atoms with Crippen LogP contribution in [0.5, 0.6) is 0 Å². The van der Waals surface area contributed by atoms with Crippen LogP contribution in [-0.4, -0.2) is 34.0 Å². The molecule has 4 rings (SSSR count). The van der Waals surface area contributed by atoms with Gasteiger partial charge in [-0.2, -0.15) is 0 Å². The molecule has 144 valence electrons. The standard InChI is InChI=1S/C23H24N2O3/c1-16-6-8-21(24-14-16)17-10-12-25(13-11-17)15-18-7-9-22(28-18)19-4-2-3-5-20(19)23(26)27/h2-9,14,17H,10-13,15H2,1H3,(H,26,27). The van der Waals surface area contributed by atoms with Crippen molar-refractivity contribution in [1.29, 1.82) is 0 Å². The molecule has 1 fully saturated rings. The minimum absolute atomic E-state index is 0.259. The minimum Gasteiger partial charge on any atom is -0.478 e. The van der Waals surface area contributed by atoms with Gasteiger partial charge in [-0.3, -0.25) is 9.88 Å². The summed E-state index contributed by atoms with van der Waals surface area (Å²) in [4.78, 5) is 18.4. The number of furan rings is 1. The van der Waals surface area contributed by atoms with Crippen LogP contribution in [0.25, 0.3) is 11.3 Å². The fourth-order valence-corrected chi connectivity index (χ4v) is 3.82. The number of aromatic nitrogens is 1. The largest absolute Gasteiger partial charge is 0.478 e. The molecule has 1 saturated heterocycles. The average Bonchev–Trinajstić information content (AvgIpc) is 3.17. The summed E-state index contributed by atoms with van der Waals surface area (Å²) in [6, 6.07) is 15.0. The number of carbonyl (C=O) groups is 1. The zero-order valence-electron chi connectivity index (χ0n) is 16.0. The van der Waals surface area contributed by atoms with Crippen LogP contribution in [0.3, 0.4) is 0 Å². The molecular weight excluding hydrogens is 352 g/mol.